The zero-order valence-electron chi connectivity index (χ0n) is 9.33. The second-order valence-electron chi connectivity index (χ2n) is 3.89. The third-order valence-corrected chi connectivity index (χ3v) is 2.37. The van der Waals surface area contributed by atoms with Crippen molar-refractivity contribution in [1.82, 2.24) is 0 Å². The normalized spacial score (nSPS) is 13.9. The number of rotatable bonds is 4. The minimum Gasteiger partial charge on any atom is -0.490 e. The monoisotopic (exact) mass is 223 g/mol. The molecule has 1 unspecified atom stereocenters. The minimum atomic E-state index is -0.926. The lowest BCUT2D eigenvalue weighted by atomic mass is 10.1. The van der Waals surface area contributed by atoms with Gasteiger partial charge in [0.15, 0.2) is 0 Å². The molecule has 1 aromatic carbocycles. The fraction of sp³-hybridized carbons (Fsp3) is 0.417. The molecule has 0 aliphatic carbocycles. The lowest BCUT2D eigenvalue weighted by Gasteiger charge is -2.21. The summed E-state index contributed by atoms with van der Waals surface area (Å²) in [5.74, 6) is -0.304. The van der Waals surface area contributed by atoms with Gasteiger partial charge in [0.1, 0.15) is 24.2 Å². The van der Waals surface area contributed by atoms with Crippen molar-refractivity contribution < 1.29 is 14.2 Å². The van der Waals surface area contributed by atoms with Gasteiger partial charge in [-0.1, -0.05) is 6.92 Å². The lowest BCUT2D eigenvalue weighted by Crippen LogP contribution is -2.31. The second kappa shape index (κ2) is 4.95. The third-order valence-electron chi connectivity index (χ3n) is 2.37. The van der Waals surface area contributed by atoms with Crippen molar-refractivity contribution in [2.24, 2.45) is 0 Å². The molecule has 0 radical (unpaired) electrons. The molecule has 1 rings (SSSR count). The Morgan fingerprint density at radius 1 is 1.56 bits per heavy atom. The van der Waals surface area contributed by atoms with Crippen LogP contribution in [-0.2, 0) is 0 Å². The van der Waals surface area contributed by atoms with Gasteiger partial charge in [0, 0.05) is 6.07 Å². The Balaban J connectivity index is 2.70. The molecule has 1 aromatic rings. The highest BCUT2D eigenvalue weighted by molar-refractivity contribution is 5.36. The molecule has 0 aliphatic heterocycles. The molecule has 0 amide bonds. The Bertz CT molecular complexity index is 410. The largest absolute Gasteiger partial charge is 0.490 e. The molecule has 86 valence electrons. The smallest absolute Gasteiger partial charge is 0.144 e. The number of aliphatic hydroxyl groups is 1. The zero-order valence-corrected chi connectivity index (χ0v) is 9.33. The van der Waals surface area contributed by atoms with Gasteiger partial charge in [-0.2, -0.15) is 5.26 Å². The fourth-order valence-corrected chi connectivity index (χ4v) is 1.02. The Labute approximate surface area is 94.1 Å². The highest BCUT2D eigenvalue weighted by atomic mass is 19.1. The van der Waals surface area contributed by atoms with Crippen LogP contribution in [0.3, 0.4) is 0 Å². The van der Waals surface area contributed by atoms with Gasteiger partial charge in [-0.15, -0.1) is 0 Å². The molecule has 0 aromatic heterocycles. The second-order valence-corrected chi connectivity index (χ2v) is 3.89. The number of hydrogen-bond donors (Lipinski definition) is 1. The molecule has 4 heteroatoms. The number of nitrogens with zero attached hydrogens (tertiary/aromatic N) is 1. The summed E-state index contributed by atoms with van der Waals surface area (Å²) < 4.78 is 18.4. The van der Waals surface area contributed by atoms with E-state index in [1.807, 2.05) is 6.92 Å². The molecule has 1 atom stereocenters. The van der Waals surface area contributed by atoms with Crippen molar-refractivity contribution in [2.45, 2.75) is 25.9 Å². The van der Waals surface area contributed by atoms with Crippen LogP contribution in [0.1, 0.15) is 25.8 Å². The first kappa shape index (κ1) is 12.5. The van der Waals surface area contributed by atoms with Crippen molar-refractivity contribution in [2.75, 3.05) is 6.61 Å². The molecular weight excluding hydrogens is 209 g/mol. The highest BCUT2D eigenvalue weighted by Gasteiger charge is 2.18. The van der Waals surface area contributed by atoms with Crippen LogP contribution in [-0.4, -0.2) is 17.3 Å². The van der Waals surface area contributed by atoms with Crippen LogP contribution in [0, 0.1) is 17.1 Å². The molecule has 0 fully saturated rings. The first-order valence-corrected chi connectivity index (χ1v) is 5.03. The van der Waals surface area contributed by atoms with E-state index >= 15 is 0 Å². The van der Waals surface area contributed by atoms with E-state index in [2.05, 4.69) is 0 Å². The van der Waals surface area contributed by atoms with E-state index < -0.39 is 11.4 Å². The zero-order chi connectivity index (χ0) is 12.2. The van der Waals surface area contributed by atoms with Crippen LogP contribution in [0.5, 0.6) is 5.75 Å². The molecule has 1 N–H and O–H groups in total. The summed E-state index contributed by atoms with van der Waals surface area (Å²) in [5.41, 5.74) is -0.945. The molecule has 0 heterocycles. The number of halogens is 1. The molecule has 0 spiro atoms. The first-order valence-electron chi connectivity index (χ1n) is 5.03. The van der Waals surface area contributed by atoms with E-state index in [9.17, 15) is 9.50 Å². The summed E-state index contributed by atoms with van der Waals surface area (Å²) in [6, 6.07) is 5.73. The first-order chi connectivity index (χ1) is 7.48. The van der Waals surface area contributed by atoms with Crippen LogP contribution in [0.15, 0.2) is 18.2 Å². The molecule has 16 heavy (non-hydrogen) atoms. The third kappa shape index (κ3) is 3.21. The van der Waals surface area contributed by atoms with Gasteiger partial charge in [0.25, 0.3) is 0 Å². The topological polar surface area (TPSA) is 53.2 Å². The summed E-state index contributed by atoms with van der Waals surface area (Å²) in [7, 11) is 0. The average molecular weight is 223 g/mol. The van der Waals surface area contributed by atoms with Gasteiger partial charge in [-0.25, -0.2) is 4.39 Å². The predicted octanol–water partition coefficient (Wildman–Crippen LogP) is 2.24. The van der Waals surface area contributed by atoms with Gasteiger partial charge < -0.3 is 9.84 Å². The van der Waals surface area contributed by atoms with Gasteiger partial charge in [0.05, 0.1) is 11.2 Å². The maximum Gasteiger partial charge on any atom is 0.144 e. The van der Waals surface area contributed by atoms with Gasteiger partial charge in [0.2, 0.25) is 0 Å². The van der Waals surface area contributed by atoms with Gasteiger partial charge in [-0.3, -0.25) is 0 Å². The maximum absolute atomic E-state index is 13.2. The Morgan fingerprint density at radius 2 is 2.25 bits per heavy atom. The molecule has 0 aliphatic rings. The molecule has 3 nitrogen and oxygen atoms in total. The summed E-state index contributed by atoms with van der Waals surface area (Å²) in [5, 5.41) is 18.2. The highest BCUT2D eigenvalue weighted by Crippen LogP contribution is 2.18. The van der Waals surface area contributed by atoms with Crippen LogP contribution in [0.4, 0.5) is 4.39 Å². The van der Waals surface area contributed by atoms with E-state index in [4.69, 9.17) is 10.00 Å². The number of benzene rings is 1. The standard InChI is InChI=1S/C12H14FNO2/c1-3-12(2,15)8-16-10-5-4-9(7-14)11(13)6-10/h4-6,15H,3,8H2,1-2H3. The van der Waals surface area contributed by atoms with Crippen molar-refractivity contribution in [3.05, 3.63) is 29.6 Å². The minimum absolute atomic E-state index is 0.0189. The van der Waals surface area contributed by atoms with Crippen molar-refractivity contribution in [3.63, 3.8) is 0 Å². The summed E-state index contributed by atoms with van der Waals surface area (Å²) in [4.78, 5) is 0. The Hall–Kier alpha value is -1.60. The van der Waals surface area contributed by atoms with Crippen LogP contribution >= 0.6 is 0 Å². The quantitative estimate of drug-likeness (QED) is 0.851. The lowest BCUT2D eigenvalue weighted by molar-refractivity contribution is 0.00837. The summed E-state index contributed by atoms with van der Waals surface area (Å²) >= 11 is 0. The Morgan fingerprint density at radius 3 is 2.75 bits per heavy atom. The van der Waals surface area contributed by atoms with Crippen LogP contribution < -0.4 is 4.74 Å². The van der Waals surface area contributed by atoms with Crippen LogP contribution in [0.2, 0.25) is 0 Å². The summed E-state index contributed by atoms with van der Waals surface area (Å²) in [6.07, 6.45) is 0.547. The van der Waals surface area contributed by atoms with E-state index in [1.165, 1.54) is 12.1 Å². The van der Waals surface area contributed by atoms with E-state index in [0.717, 1.165) is 6.07 Å². The Kier molecular flexibility index (Phi) is 3.86. The van der Waals surface area contributed by atoms with Crippen molar-refractivity contribution in [3.8, 4) is 11.8 Å². The molecule has 0 saturated carbocycles. The van der Waals surface area contributed by atoms with Gasteiger partial charge in [-0.05, 0) is 25.5 Å². The average Bonchev–Trinajstić information content (AvgIpc) is 2.27. The van der Waals surface area contributed by atoms with E-state index in [0.29, 0.717) is 12.2 Å². The maximum atomic E-state index is 13.2. The molecule has 0 bridgehead atoms. The summed E-state index contributed by atoms with van der Waals surface area (Å²) in [6.45, 7) is 3.57. The molecule has 0 saturated heterocycles. The van der Waals surface area contributed by atoms with E-state index in [-0.39, 0.29) is 12.2 Å². The molecular formula is C12H14FNO2. The van der Waals surface area contributed by atoms with Crippen LogP contribution in [0.25, 0.3) is 0 Å². The number of nitriles is 1. The SMILES string of the molecule is CCC(C)(O)COc1ccc(C#N)c(F)c1. The van der Waals surface area contributed by atoms with E-state index in [1.54, 1.807) is 13.0 Å². The number of hydrogen-bond acceptors (Lipinski definition) is 3. The van der Waals surface area contributed by atoms with Crippen molar-refractivity contribution in [1.29, 1.82) is 5.26 Å². The van der Waals surface area contributed by atoms with Crippen molar-refractivity contribution >= 4 is 0 Å². The van der Waals surface area contributed by atoms with Gasteiger partial charge >= 0.3 is 0 Å². The fourth-order valence-electron chi connectivity index (χ4n) is 1.02. The number of ether oxygens (including phenoxy) is 1. The predicted molar refractivity (Wildman–Crippen MR) is 57.5 cm³/mol.